The highest BCUT2D eigenvalue weighted by Gasteiger charge is 2.19. The molecule has 0 N–H and O–H groups in total. The average molecular weight is 269 g/mol. The van der Waals surface area contributed by atoms with E-state index in [0.717, 1.165) is 35.5 Å². The Morgan fingerprint density at radius 3 is 1.42 bits per heavy atom. The van der Waals surface area contributed by atoms with Gasteiger partial charge in [0.05, 0.1) is 0 Å². The van der Waals surface area contributed by atoms with Crippen molar-refractivity contribution in [1.29, 1.82) is 0 Å². The van der Waals surface area contributed by atoms with Crippen molar-refractivity contribution in [3.8, 4) is 0 Å². The second-order valence-electron chi connectivity index (χ2n) is 7.88. The van der Waals surface area contributed by atoms with Gasteiger partial charge in [0, 0.05) is 0 Å². The standard InChI is InChI=1S/C19H40/c1-9-10-15(4)11-18(7)19(8)13-16(5)12-17(6)14(2)3/h14-19H,9-13H2,1-8H3. The maximum Gasteiger partial charge on any atom is -0.0414 e. The van der Waals surface area contributed by atoms with Crippen LogP contribution in [0.5, 0.6) is 0 Å². The largest absolute Gasteiger partial charge is 0.0654 e. The van der Waals surface area contributed by atoms with Crippen LogP contribution in [0.15, 0.2) is 0 Å². The van der Waals surface area contributed by atoms with E-state index in [2.05, 4.69) is 55.4 Å². The van der Waals surface area contributed by atoms with Crippen LogP contribution in [0.1, 0.15) is 87.5 Å². The average Bonchev–Trinajstić information content (AvgIpc) is 2.28. The van der Waals surface area contributed by atoms with Crippen LogP contribution in [0, 0.1) is 35.5 Å². The zero-order valence-electron chi connectivity index (χ0n) is 15.0. The molecular formula is C19H40. The maximum absolute atomic E-state index is 2.47. The number of hydrogen-bond donors (Lipinski definition) is 0. The Balaban J connectivity index is 4.03. The molecule has 5 atom stereocenters. The SMILES string of the molecule is CCCC(C)CC(C)C(C)CC(C)CC(C)C(C)C. The summed E-state index contributed by atoms with van der Waals surface area (Å²) in [4.78, 5) is 0. The molecule has 0 aromatic carbocycles. The van der Waals surface area contributed by atoms with E-state index in [-0.39, 0.29) is 0 Å². The first-order valence-corrected chi connectivity index (χ1v) is 8.77. The lowest BCUT2D eigenvalue weighted by molar-refractivity contribution is 0.235. The van der Waals surface area contributed by atoms with Gasteiger partial charge in [0.25, 0.3) is 0 Å². The zero-order valence-corrected chi connectivity index (χ0v) is 15.0. The first kappa shape index (κ1) is 19.0. The van der Waals surface area contributed by atoms with E-state index in [1.165, 1.54) is 32.1 Å². The van der Waals surface area contributed by atoms with E-state index in [9.17, 15) is 0 Å². The van der Waals surface area contributed by atoms with Crippen LogP contribution in [0.25, 0.3) is 0 Å². The second-order valence-corrected chi connectivity index (χ2v) is 7.88. The van der Waals surface area contributed by atoms with Gasteiger partial charge in [0.15, 0.2) is 0 Å². The van der Waals surface area contributed by atoms with E-state index >= 15 is 0 Å². The number of rotatable bonds is 10. The first-order valence-electron chi connectivity index (χ1n) is 8.77. The van der Waals surface area contributed by atoms with Crippen LogP contribution in [0.2, 0.25) is 0 Å². The smallest absolute Gasteiger partial charge is 0.0414 e. The predicted octanol–water partition coefficient (Wildman–Crippen LogP) is 6.79. The molecule has 0 spiro atoms. The van der Waals surface area contributed by atoms with Gasteiger partial charge in [-0.15, -0.1) is 0 Å². The van der Waals surface area contributed by atoms with Gasteiger partial charge in [-0.05, 0) is 54.8 Å². The van der Waals surface area contributed by atoms with Crippen LogP contribution >= 0.6 is 0 Å². The summed E-state index contributed by atoms with van der Waals surface area (Å²) in [6, 6.07) is 0. The maximum atomic E-state index is 2.47. The van der Waals surface area contributed by atoms with Crippen LogP contribution in [0.4, 0.5) is 0 Å². The summed E-state index contributed by atoms with van der Waals surface area (Å²) < 4.78 is 0. The normalized spacial score (nSPS) is 20.1. The fourth-order valence-electron chi connectivity index (χ4n) is 3.35. The van der Waals surface area contributed by atoms with Gasteiger partial charge in [-0.3, -0.25) is 0 Å². The monoisotopic (exact) mass is 268 g/mol. The summed E-state index contributed by atoms with van der Waals surface area (Å²) in [5.74, 6) is 5.27. The Bertz CT molecular complexity index is 206. The summed E-state index contributed by atoms with van der Waals surface area (Å²) in [7, 11) is 0. The predicted molar refractivity (Wildman–Crippen MR) is 89.4 cm³/mol. The molecule has 0 aliphatic carbocycles. The molecule has 0 aliphatic rings. The third-order valence-corrected chi connectivity index (χ3v) is 5.21. The third-order valence-electron chi connectivity index (χ3n) is 5.21. The zero-order chi connectivity index (χ0) is 15.0. The molecule has 0 heterocycles. The van der Waals surface area contributed by atoms with Crippen molar-refractivity contribution >= 4 is 0 Å². The lowest BCUT2D eigenvalue weighted by Crippen LogP contribution is -2.17. The molecule has 0 aromatic rings. The van der Waals surface area contributed by atoms with Crippen molar-refractivity contribution in [3.05, 3.63) is 0 Å². The van der Waals surface area contributed by atoms with Crippen LogP contribution in [-0.2, 0) is 0 Å². The molecule has 19 heavy (non-hydrogen) atoms. The fraction of sp³-hybridized carbons (Fsp3) is 1.00. The van der Waals surface area contributed by atoms with Crippen LogP contribution in [0.3, 0.4) is 0 Å². The van der Waals surface area contributed by atoms with E-state index in [1.807, 2.05) is 0 Å². The summed E-state index contributed by atoms with van der Waals surface area (Å²) in [6.07, 6.45) is 6.97. The fourth-order valence-corrected chi connectivity index (χ4v) is 3.35. The molecule has 116 valence electrons. The van der Waals surface area contributed by atoms with Gasteiger partial charge in [0.1, 0.15) is 0 Å². The van der Waals surface area contributed by atoms with Crippen LogP contribution < -0.4 is 0 Å². The van der Waals surface area contributed by atoms with E-state index < -0.39 is 0 Å². The molecule has 0 heteroatoms. The van der Waals surface area contributed by atoms with Gasteiger partial charge >= 0.3 is 0 Å². The van der Waals surface area contributed by atoms with Crippen molar-refractivity contribution in [1.82, 2.24) is 0 Å². The summed E-state index contributed by atoms with van der Waals surface area (Å²) in [5, 5.41) is 0. The molecule has 0 saturated heterocycles. The Kier molecular flexibility index (Phi) is 9.83. The quantitative estimate of drug-likeness (QED) is 0.409. The molecule has 5 unspecified atom stereocenters. The highest BCUT2D eigenvalue weighted by atomic mass is 14.3. The third kappa shape index (κ3) is 8.71. The van der Waals surface area contributed by atoms with E-state index in [0.29, 0.717) is 0 Å². The lowest BCUT2D eigenvalue weighted by Gasteiger charge is -2.27. The minimum atomic E-state index is 0.833. The van der Waals surface area contributed by atoms with Crippen molar-refractivity contribution in [2.24, 2.45) is 35.5 Å². The molecule has 0 radical (unpaired) electrons. The highest BCUT2D eigenvalue weighted by molar-refractivity contribution is 4.70. The van der Waals surface area contributed by atoms with Crippen molar-refractivity contribution < 1.29 is 0 Å². The Hall–Kier alpha value is 0. The molecule has 0 saturated carbocycles. The Labute approximate surface area is 123 Å². The minimum Gasteiger partial charge on any atom is -0.0654 e. The van der Waals surface area contributed by atoms with Gasteiger partial charge in [-0.25, -0.2) is 0 Å². The van der Waals surface area contributed by atoms with E-state index in [1.54, 1.807) is 0 Å². The Morgan fingerprint density at radius 1 is 0.579 bits per heavy atom. The molecular weight excluding hydrogens is 228 g/mol. The van der Waals surface area contributed by atoms with Gasteiger partial charge in [-0.1, -0.05) is 68.2 Å². The first-order chi connectivity index (χ1) is 8.77. The minimum absolute atomic E-state index is 0.833. The summed E-state index contributed by atoms with van der Waals surface area (Å²) in [5.41, 5.74) is 0. The van der Waals surface area contributed by atoms with Crippen LogP contribution in [-0.4, -0.2) is 0 Å². The summed E-state index contributed by atoms with van der Waals surface area (Å²) in [6.45, 7) is 19.3. The van der Waals surface area contributed by atoms with E-state index in [4.69, 9.17) is 0 Å². The number of hydrogen-bond acceptors (Lipinski definition) is 0. The molecule has 0 nitrogen and oxygen atoms in total. The molecule has 0 aromatic heterocycles. The molecule has 0 bridgehead atoms. The Morgan fingerprint density at radius 2 is 1.00 bits per heavy atom. The highest BCUT2D eigenvalue weighted by Crippen LogP contribution is 2.30. The summed E-state index contributed by atoms with van der Waals surface area (Å²) >= 11 is 0. The topological polar surface area (TPSA) is 0 Å². The van der Waals surface area contributed by atoms with Gasteiger partial charge in [-0.2, -0.15) is 0 Å². The molecule has 0 aliphatic heterocycles. The molecule has 0 rings (SSSR count). The van der Waals surface area contributed by atoms with Gasteiger partial charge in [0.2, 0.25) is 0 Å². The molecule has 0 fully saturated rings. The van der Waals surface area contributed by atoms with Crippen molar-refractivity contribution in [2.75, 3.05) is 0 Å². The van der Waals surface area contributed by atoms with Crippen molar-refractivity contribution in [3.63, 3.8) is 0 Å². The lowest BCUT2D eigenvalue weighted by atomic mass is 9.78. The molecule has 0 amide bonds. The van der Waals surface area contributed by atoms with Gasteiger partial charge < -0.3 is 0 Å². The second kappa shape index (κ2) is 9.83. The van der Waals surface area contributed by atoms with Crippen molar-refractivity contribution in [2.45, 2.75) is 87.5 Å².